The largest absolute Gasteiger partial charge is 0.479 e. The third kappa shape index (κ3) is 5.87. The number of benzene rings is 1. The molecule has 0 radical (unpaired) electrons. The van der Waals surface area contributed by atoms with E-state index in [0.29, 0.717) is 19.5 Å². The Morgan fingerprint density at radius 2 is 1.83 bits per heavy atom. The van der Waals surface area contributed by atoms with Crippen molar-refractivity contribution in [2.45, 2.75) is 51.6 Å². The number of rotatable bonds is 7. The highest BCUT2D eigenvalue weighted by atomic mass is 16.6. The quantitative estimate of drug-likeness (QED) is 0.826. The van der Waals surface area contributed by atoms with Crippen LogP contribution in [0.5, 0.6) is 0 Å². The van der Waals surface area contributed by atoms with Gasteiger partial charge in [0.05, 0.1) is 0 Å². The fourth-order valence-corrected chi connectivity index (χ4v) is 3.01. The van der Waals surface area contributed by atoms with E-state index in [1.165, 1.54) is 5.56 Å². The highest BCUT2D eigenvalue weighted by molar-refractivity contribution is 5.77. The van der Waals surface area contributed by atoms with Gasteiger partial charge in [0.25, 0.3) is 0 Å². The lowest BCUT2D eigenvalue weighted by molar-refractivity contribution is -0.148. The van der Waals surface area contributed by atoms with Crippen molar-refractivity contribution in [3.8, 4) is 0 Å². The van der Waals surface area contributed by atoms with E-state index in [9.17, 15) is 14.7 Å². The summed E-state index contributed by atoms with van der Waals surface area (Å²) in [5.74, 6) is -0.896. The van der Waals surface area contributed by atoms with Crippen LogP contribution in [0.2, 0.25) is 0 Å². The first-order chi connectivity index (χ1) is 11.6. The Balaban J connectivity index is 1.81. The zero-order valence-corrected chi connectivity index (χ0v) is 14.3. The van der Waals surface area contributed by atoms with Gasteiger partial charge >= 0.3 is 12.1 Å². The summed E-state index contributed by atoms with van der Waals surface area (Å²) < 4.78 is 5.26. The molecular formula is C19H27NO4. The lowest BCUT2D eigenvalue weighted by atomic mass is 9.95. The van der Waals surface area contributed by atoms with Crippen LogP contribution in [0, 0.1) is 5.92 Å². The van der Waals surface area contributed by atoms with Crippen molar-refractivity contribution in [1.82, 2.24) is 4.90 Å². The lowest BCUT2D eigenvalue weighted by Gasteiger charge is -2.28. The second kappa shape index (κ2) is 9.30. The van der Waals surface area contributed by atoms with E-state index in [-0.39, 0.29) is 5.92 Å². The minimum atomic E-state index is -1.06. The Bertz CT molecular complexity index is 525. The molecule has 0 aliphatic carbocycles. The highest BCUT2D eigenvalue weighted by Gasteiger charge is 2.27. The third-order valence-corrected chi connectivity index (χ3v) is 4.52. The van der Waals surface area contributed by atoms with Gasteiger partial charge in [-0.2, -0.15) is 0 Å². The Morgan fingerprint density at radius 3 is 2.46 bits per heavy atom. The summed E-state index contributed by atoms with van der Waals surface area (Å²) in [5, 5.41) is 9.36. The van der Waals surface area contributed by atoms with Crippen LogP contribution in [0.4, 0.5) is 4.79 Å². The molecule has 0 aromatic heterocycles. The van der Waals surface area contributed by atoms with Gasteiger partial charge in [-0.1, -0.05) is 37.3 Å². The SMILES string of the molecule is CC(CCc1ccccc1)CC(OC(=O)N1CCCCC1)C(=O)O. The second-order valence-corrected chi connectivity index (χ2v) is 6.62. The maximum atomic E-state index is 12.1. The van der Waals surface area contributed by atoms with E-state index in [1.54, 1.807) is 4.90 Å². The molecule has 5 nitrogen and oxygen atoms in total. The first kappa shape index (κ1) is 18.3. The number of carboxylic acids is 1. The van der Waals surface area contributed by atoms with Gasteiger partial charge in [0.1, 0.15) is 0 Å². The molecule has 1 aromatic rings. The van der Waals surface area contributed by atoms with E-state index in [1.807, 2.05) is 25.1 Å². The third-order valence-electron chi connectivity index (χ3n) is 4.52. The number of aryl methyl sites for hydroxylation is 1. The summed E-state index contributed by atoms with van der Waals surface area (Å²) in [7, 11) is 0. The monoisotopic (exact) mass is 333 g/mol. The second-order valence-electron chi connectivity index (χ2n) is 6.62. The number of hydrogen-bond acceptors (Lipinski definition) is 3. The van der Waals surface area contributed by atoms with E-state index < -0.39 is 18.2 Å². The number of piperidine rings is 1. The zero-order valence-electron chi connectivity index (χ0n) is 14.3. The van der Waals surface area contributed by atoms with Gasteiger partial charge in [0.2, 0.25) is 6.10 Å². The zero-order chi connectivity index (χ0) is 17.4. The number of carboxylic acid groups (broad SMARTS) is 1. The van der Waals surface area contributed by atoms with Crippen molar-refractivity contribution in [1.29, 1.82) is 0 Å². The predicted octanol–water partition coefficient (Wildman–Crippen LogP) is 3.72. The van der Waals surface area contributed by atoms with E-state index in [2.05, 4.69) is 12.1 Å². The molecule has 1 aliphatic rings. The standard InChI is InChI=1S/C19H27NO4/c1-15(10-11-16-8-4-2-5-9-16)14-17(18(21)22)24-19(23)20-12-6-3-7-13-20/h2,4-5,8-9,15,17H,3,6-7,10-14H2,1H3,(H,21,22). The first-order valence-electron chi connectivity index (χ1n) is 8.78. The highest BCUT2D eigenvalue weighted by Crippen LogP contribution is 2.18. The molecule has 0 spiro atoms. The molecule has 1 saturated heterocycles. The molecule has 2 atom stereocenters. The van der Waals surface area contributed by atoms with Gasteiger partial charge in [-0.25, -0.2) is 9.59 Å². The number of amides is 1. The molecule has 0 bridgehead atoms. The molecule has 5 heteroatoms. The van der Waals surface area contributed by atoms with Gasteiger partial charge in [-0.05, 0) is 50.0 Å². The topological polar surface area (TPSA) is 66.8 Å². The van der Waals surface area contributed by atoms with Crippen LogP contribution in [0.15, 0.2) is 30.3 Å². The molecule has 2 unspecified atom stereocenters. The van der Waals surface area contributed by atoms with Crippen molar-refractivity contribution in [2.24, 2.45) is 5.92 Å². The molecule has 2 rings (SSSR count). The van der Waals surface area contributed by atoms with Gasteiger partial charge in [-0.3, -0.25) is 0 Å². The van der Waals surface area contributed by atoms with Crippen LogP contribution >= 0.6 is 0 Å². The molecule has 1 heterocycles. The molecule has 1 aliphatic heterocycles. The summed E-state index contributed by atoms with van der Waals surface area (Å²) in [4.78, 5) is 25.2. The summed E-state index contributed by atoms with van der Waals surface area (Å²) >= 11 is 0. The molecular weight excluding hydrogens is 306 g/mol. The van der Waals surface area contributed by atoms with Crippen LogP contribution < -0.4 is 0 Å². The lowest BCUT2D eigenvalue weighted by Crippen LogP contribution is -2.40. The van der Waals surface area contributed by atoms with Gasteiger partial charge in [0, 0.05) is 13.1 Å². The number of aliphatic carboxylic acids is 1. The maximum Gasteiger partial charge on any atom is 0.410 e. The van der Waals surface area contributed by atoms with Crippen LogP contribution in [0.1, 0.15) is 44.6 Å². The average Bonchev–Trinajstić information content (AvgIpc) is 2.61. The van der Waals surface area contributed by atoms with Gasteiger partial charge in [0.15, 0.2) is 0 Å². The molecule has 132 valence electrons. The fraction of sp³-hybridized carbons (Fsp3) is 0.579. The predicted molar refractivity (Wildman–Crippen MR) is 91.9 cm³/mol. The Hall–Kier alpha value is -2.04. The number of likely N-dealkylation sites (tertiary alicyclic amines) is 1. The number of carbonyl (C=O) groups excluding carboxylic acids is 1. The summed E-state index contributed by atoms with van der Waals surface area (Å²) in [6, 6.07) is 10.1. The smallest absolute Gasteiger partial charge is 0.410 e. The van der Waals surface area contributed by atoms with Crippen LogP contribution in [-0.4, -0.2) is 41.3 Å². The van der Waals surface area contributed by atoms with E-state index in [0.717, 1.165) is 32.1 Å². The molecule has 0 saturated carbocycles. The Morgan fingerprint density at radius 1 is 1.17 bits per heavy atom. The minimum Gasteiger partial charge on any atom is -0.479 e. The normalized spacial score (nSPS) is 17.1. The van der Waals surface area contributed by atoms with Crippen LogP contribution in [-0.2, 0) is 16.0 Å². The van der Waals surface area contributed by atoms with Crippen LogP contribution in [0.3, 0.4) is 0 Å². The van der Waals surface area contributed by atoms with Crippen molar-refractivity contribution >= 4 is 12.1 Å². The molecule has 1 N–H and O–H groups in total. The summed E-state index contributed by atoms with van der Waals surface area (Å²) in [6.45, 7) is 3.33. The molecule has 1 fully saturated rings. The molecule has 1 aromatic carbocycles. The maximum absolute atomic E-state index is 12.1. The van der Waals surface area contributed by atoms with Crippen molar-refractivity contribution in [3.05, 3.63) is 35.9 Å². The van der Waals surface area contributed by atoms with E-state index >= 15 is 0 Å². The number of ether oxygens (including phenoxy) is 1. The molecule has 24 heavy (non-hydrogen) atoms. The van der Waals surface area contributed by atoms with Crippen LogP contribution in [0.25, 0.3) is 0 Å². The number of carbonyl (C=O) groups is 2. The van der Waals surface area contributed by atoms with Crippen molar-refractivity contribution in [3.63, 3.8) is 0 Å². The summed E-state index contributed by atoms with van der Waals surface area (Å²) in [6.07, 6.45) is 3.59. The number of hydrogen-bond donors (Lipinski definition) is 1. The minimum absolute atomic E-state index is 0.167. The number of nitrogens with zero attached hydrogens (tertiary/aromatic N) is 1. The van der Waals surface area contributed by atoms with Gasteiger partial charge < -0.3 is 14.7 Å². The van der Waals surface area contributed by atoms with E-state index in [4.69, 9.17) is 4.74 Å². The Labute approximate surface area is 143 Å². The van der Waals surface area contributed by atoms with Gasteiger partial charge in [-0.15, -0.1) is 0 Å². The average molecular weight is 333 g/mol. The summed E-state index contributed by atoms with van der Waals surface area (Å²) in [5.41, 5.74) is 1.24. The molecule has 1 amide bonds. The first-order valence-corrected chi connectivity index (χ1v) is 8.78. The van der Waals surface area contributed by atoms with Crippen molar-refractivity contribution in [2.75, 3.05) is 13.1 Å². The van der Waals surface area contributed by atoms with Crippen molar-refractivity contribution < 1.29 is 19.4 Å². The fourth-order valence-electron chi connectivity index (χ4n) is 3.01. The Kier molecular flexibility index (Phi) is 7.09.